The smallest absolute Gasteiger partial charge is 0.251 e. The number of nitrogens with zero attached hydrogens (tertiary/aromatic N) is 1. The van der Waals surface area contributed by atoms with Crippen molar-refractivity contribution in [2.45, 2.75) is 57.2 Å². The number of rotatable bonds is 7. The first-order chi connectivity index (χ1) is 16.2. The summed E-state index contributed by atoms with van der Waals surface area (Å²) in [7, 11) is 1.55. The van der Waals surface area contributed by atoms with Crippen LogP contribution in [0.25, 0.3) is 0 Å². The monoisotopic (exact) mass is 466 g/mol. The van der Waals surface area contributed by atoms with Gasteiger partial charge in [-0.2, -0.15) is 0 Å². The minimum atomic E-state index is -0.641. The molecule has 180 valence electrons. The maximum atomic E-state index is 14.7. The van der Waals surface area contributed by atoms with Gasteiger partial charge < -0.3 is 15.4 Å². The van der Waals surface area contributed by atoms with Gasteiger partial charge >= 0.3 is 0 Å². The molecular formula is C26H31FN4O3. The molecule has 4 rings (SSSR count). The Kier molecular flexibility index (Phi) is 6.70. The SMILES string of the molecule is COCCC(c1cc(F)cc(C(=O)N[C@H]2CCc3ccccc32)c1)N1C(=N)NC(C)(C)CC1=O. The maximum Gasteiger partial charge on any atom is 0.251 e. The highest BCUT2D eigenvalue weighted by Gasteiger charge is 2.39. The van der Waals surface area contributed by atoms with Crippen LogP contribution in [0.4, 0.5) is 4.39 Å². The first kappa shape index (κ1) is 23.9. The molecule has 34 heavy (non-hydrogen) atoms. The zero-order chi connectivity index (χ0) is 24.5. The van der Waals surface area contributed by atoms with E-state index in [0.29, 0.717) is 18.6 Å². The molecule has 2 amide bonds. The van der Waals surface area contributed by atoms with Crippen molar-refractivity contribution in [2.24, 2.45) is 0 Å². The Morgan fingerprint density at radius 1 is 1.32 bits per heavy atom. The van der Waals surface area contributed by atoms with Gasteiger partial charge in [-0.1, -0.05) is 24.3 Å². The molecule has 0 aromatic heterocycles. The first-order valence-electron chi connectivity index (χ1n) is 11.6. The average molecular weight is 467 g/mol. The molecule has 1 aliphatic heterocycles. The van der Waals surface area contributed by atoms with Crippen molar-refractivity contribution in [3.05, 3.63) is 70.5 Å². The van der Waals surface area contributed by atoms with Crippen molar-refractivity contribution in [1.29, 1.82) is 5.41 Å². The third-order valence-corrected chi connectivity index (χ3v) is 6.47. The van der Waals surface area contributed by atoms with Crippen molar-refractivity contribution >= 4 is 17.8 Å². The lowest BCUT2D eigenvalue weighted by Gasteiger charge is -2.42. The largest absolute Gasteiger partial charge is 0.385 e. The van der Waals surface area contributed by atoms with Gasteiger partial charge in [0.05, 0.1) is 12.1 Å². The number of fused-ring (bicyclic) bond motifs is 1. The number of aryl methyl sites for hydroxylation is 1. The van der Waals surface area contributed by atoms with E-state index in [-0.39, 0.29) is 35.8 Å². The predicted octanol–water partition coefficient (Wildman–Crippen LogP) is 3.86. The van der Waals surface area contributed by atoms with Gasteiger partial charge in [-0.25, -0.2) is 4.39 Å². The third-order valence-electron chi connectivity index (χ3n) is 6.47. The van der Waals surface area contributed by atoms with E-state index in [2.05, 4.69) is 16.7 Å². The summed E-state index contributed by atoms with van der Waals surface area (Å²) in [5.74, 6) is -1.21. The Morgan fingerprint density at radius 3 is 2.82 bits per heavy atom. The molecule has 1 unspecified atom stereocenters. The molecule has 2 atom stereocenters. The van der Waals surface area contributed by atoms with Gasteiger partial charge in [-0.05, 0) is 68.0 Å². The van der Waals surface area contributed by atoms with Crippen molar-refractivity contribution in [3.8, 4) is 0 Å². The van der Waals surface area contributed by atoms with Crippen molar-refractivity contribution in [2.75, 3.05) is 13.7 Å². The lowest BCUT2D eigenvalue weighted by Crippen LogP contribution is -2.60. The molecule has 1 heterocycles. The normalized spacial score (nSPS) is 20.0. The van der Waals surface area contributed by atoms with E-state index >= 15 is 0 Å². The molecule has 1 fully saturated rings. The highest BCUT2D eigenvalue weighted by atomic mass is 19.1. The summed E-state index contributed by atoms with van der Waals surface area (Å²) in [4.78, 5) is 27.4. The molecule has 2 aromatic carbocycles. The van der Waals surface area contributed by atoms with Gasteiger partial charge in [0, 0.05) is 31.2 Å². The first-order valence-corrected chi connectivity index (χ1v) is 11.6. The number of carbonyl (C=O) groups excluding carboxylic acids is 2. The zero-order valence-electron chi connectivity index (χ0n) is 19.8. The summed E-state index contributed by atoms with van der Waals surface area (Å²) in [5, 5.41) is 14.5. The molecule has 8 heteroatoms. The summed E-state index contributed by atoms with van der Waals surface area (Å²) in [5.41, 5.74) is 2.40. The number of benzene rings is 2. The summed E-state index contributed by atoms with van der Waals surface area (Å²) < 4.78 is 19.9. The fraction of sp³-hybridized carbons (Fsp3) is 0.423. The lowest BCUT2D eigenvalue weighted by atomic mass is 9.93. The lowest BCUT2D eigenvalue weighted by molar-refractivity contribution is -0.132. The van der Waals surface area contributed by atoms with E-state index in [9.17, 15) is 14.0 Å². The van der Waals surface area contributed by atoms with Crippen LogP contribution in [-0.2, 0) is 16.0 Å². The molecule has 0 bridgehead atoms. The van der Waals surface area contributed by atoms with Crippen molar-refractivity contribution in [1.82, 2.24) is 15.5 Å². The molecular weight excluding hydrogens is 435 g/mol. The number of guanidine groups is 1. The van der Waals surface area contributed by atoms with Crippen LogP contribution in [0.3, 0.4) is 0 Å². The van der Waals surface area contributed by atoms with Gasteiger partial charge in [-0.3, -0.25) is 19.9 Å². The van der Waals surface area contributed by atoms with Crippen LogP contribution >= 0.6 is 0 Å². The number of hydrogen-bond donors (Lipinski definition) is 3. The summed E-state index contributed by atoms with van der Waals surface area (Å²) in [6.07, 6.45) is 2.23. The van der Waals surface area contributed by atoms with Gasteiger partial charge in [0.25, 0.3) is 5.91 Å². The summed E-state index contributed by atoms with van der Waals surface area (Å²) >= 11 is 0. The second-order valence-corrected chi connectivity index (χ2v) is 9.63. The molecule has 7 nitrogen and oxygen atoms in total. The Labute approximate surface area is 199 Å². The standard InChI is InChI=1S/C26H31FN4O3/c1-26(2)15-23(32)31(25(28)30-26)22(10-11-34-3)17-12-18(14-19(27)13-17)24(33)29-21-9-8-16-6-4-5-7-20(16)21/h4-7,12-14,21-22H,8-11,15H2,1-3H3,(H2,28,30)(H,29,33)/t21-,22?/m0/s1. The topological polar surface area (TPSA) is 94.5 Å². The Morgan fingerprint density at radius 2 is 2.09 bits per heavy atom. The van der Waals surface area contributed by atoms with E-state index in [1.54, 1.807) is 13.2 Å². The van der Waals surface area contributed by atoms with Crippen LogP contribution in [0.15, 0.2) is 42.5 Å². The molecule has 0 radical (unpaired) electrons. The molecule has 0 saturated carbocycles. The predicted molar refractivity (Wildman–Crippen MR) is 127 cm³/mol. The number of hydrogen-bond acceptors (Lipinski definition) is 4. The number of methoxy groups -OCH3 is 1. The maximum absolute atomic E-state index is 14.7. The molecule has 2 aliphatic rings. The van der Waals surface area contributed by atoms with Gasteiger partial charge in [0.2, 0.25) is 5.91 Å². The number of ether oxygens (including phenoxy) is 1. The molecule has 1 saturated heterocycles. The van der Waals surface area contributed by atoms with E-state index in [1.165, 1.54) is 22.6 Å². The van der Waals surface area contributed by atoms with E-state index < -0.39 is 17.4 Å². The van der Waals surface area contributed by atoms with Gasteiger partial charge in [0.15, 0.2) is 5.96 Å². The van der Waals surface area contributed by atoms with Crippen LogP contribution in [0.5, 0.6) is 0 Å². The summed E-state index contributed by atoms with van der Waals surface area (Å²) in [6.45, 7) is 4.02. The number of halogens is 1. The quantitative estimate of drug-likeness (QED) is 0.578. The number of nitrogens with one attached hydrogen (secondary N) is 3. The van der Waals surface area contributed by atoms with Crippen LogP contribution in [0, 0.1) is 11.2 Å². The van der Waals surface area contributed by atoms with Crippen LogP contribution in [0.2, 0.25) is 0 Å². The fourth-order valence-corrected chi connectivity index (χ4v) is 4.90. The third kappa shape index (κ3) is 4.97. The highest BCUT2D eigenvalue weighted by molar-refractivity contribution is 5.99. The molecule has 1 aliphatic carbocycles. The van der Waals surface area contributed by atoms with E-state index in [0.717, 1.165) is 18.4 Å². The van der Waals surface area contributed by atoms with Gasteiger partial charge in [0.1, 0.15) is 5.82 Å². The minimum Gasteiger partial charge on any atom is -0.385 e. The van der Waals surface area contributed by atoms with Crippen LogP contribution in [-0.4, -0.2) is 41.9 Å². The zero-order valence-corrected chi connectivity index (χ0v) is 19.8. The van der Waals surface area contributed by atoms with Crippen LogP contribution < -0.4 is 10.6 Å². The second-order valence-electron chi connectivity index (χ2n) is 9.63. The van der Waals surface area contributed by atoms with Crippen molar-refractivity contribution in [3.63, 3.8) is 0 Å². The Hall–Kier alpha value is -3.26. The highest BCUT2D eigenvalue weighted by Crippen LogP contribution is 2.33. The van der Waals surface area contributed by atoms with Crippen molar-refractivity contribution < 1.29 is 18.7 Å². The van der Waals surface area contributed by atoms with E-state index in [4.69, 9.17) is 10.1 Å². The number of carbonyl (C=O) groups is 2. The number of amides is 2. The van der Waals surface area contributed by atoms with Gasteiger partial charge in [-0.15, -0.1) is 0 Å². The fourth-order valence-electron chi connectivity index (χ4n) is 4.90. The average Bonchev–Trinajstić information content (AvgIpc) is 3.17. The van der Waals surface area contributed by atoms with E-state index in [1.807, 2.05) is 32.0 Å². The Bertz CT molecular complexity index is 1100. The molecule has 0 spiro atoms. The second kappa shape index (κ2) is 9.54. The Balaban J connectivity index is 1.61. The molecule has 2 aromatic rings. The minimum absolute atomic E-state index is 0.0415. The summed E-state index contributed by atoms with van der Waals surface area (Å²) in [6, 6.07) is 11.4. The van der Waals surface area contributed by atoms with Crippen LogP contribution in [0.1, 0.15) is 72.2 Å². The molecule has 3 N–H and O–H groups in total.